The number of carbonyl (C=O) groups excluding carboxylic acids is 1. The van der Waals surface area contributed by atoms with E-state index in [1.807, 2.05) is 0 Å². The molecule has 1 aromatic carbocycles. The van der Waals surface area contributed by atoms with Crippen LogP contribution in [0.25, 0.3) is 11.3 Å². The molecule has 4 atom stereocenters. The molecule has 0 saturated heterocycles. The van der Waals surface area contributed by atoms with E-state index in [0.29, 0.717) is 28.2 Å². The maximum atomic E-state index is 13.5. The summed E-state index contributed by atoms with van der Waals surface area (Å²) in [4.78, 5) is 17.3. The molecule has 4 bridgehead atoms. The van der Waals surface area contributed by atoms with Crippen LogP contribution in [-0.4, -0.2) is 15.8 Å². The average molecular weight is 409 g/mol. The quantitative estimate of drug-likeness (QED) is 0.671. The normalized spacial score (nSPS) is 34.0. The second-order valence-electron chi connectivity index (χ2n) is 8.51. The topological polar surface area (TPSA) is 42.0 Å². The van der Waals surface area contributed by atoms with E-state index in [4.69, 9.17) is 11.6 Å². The Morgan fingerprint density at radius 2 is 1.93 bits per heavy atom. The molecule has 1 aromatic heterocycles. The molecule has 0 spiro atoms. The van der Waals surface area contributed by atoms with Crippen molar-refractivity contribution in [1.29, 1.82) is 0 Å². The van der Waals surface area contributed by atoms with Crippen molar-refractivity contribution in [1.82, 2.24) is 4.98 Å². The summed E-state index contributed by atoms with van der Waals surface area (Å²) in [5.41, 5.74) is 0.619. The highest BCUT2D eigenvalue weighted by molar-refractivity contribution is 7.14. The summed E-state index contributed by atoms with van der Waals surface area (Å²) in [6.07, 6.45) is 5.80. The van der Waals surface area contributed by atoms with E-state index in [0.717, 1.165) is 44.2 Å². The Kier molecular flexibility index (Phi) is 3.89. The Morgan fingerprint density at radius 1 is 1.19 bits per heavy atom. The van der Waals surface area contributed by atoms with Gasteiger partial charge in [0.05, 0.1) is 11.1 Å². The standard InChI is InChI=1S/C20H19ClF2N2OS/c21-20-7-11-3-12(8-20)6-19(5-11,10-20)17(26)25-18-24-16(9-27-18)13-1-2-14(22)15(23)4-13/h1-2,4,9,11-12H,3,5-8,10H2,(H,24,25,26)/t11-,12+,19?,20?. The smallest absolute Gasteiger partial charge is 0.232 e. The van der Waals surface area contributed by atoms with Crippen LogP contribution in [0.4, 0.5) is 13.9 Å². The summed E-state index contributed by atoms with van der Waals surface area (Å²) < 4.78 is 26.6. The summed E-state index contributed by atoms with van der Waals surface area (Å²) in [5.74, 6) is -0.703. The highest BCUT2D eigenvalue weighted by Crippen LogP contribution is 2.64. The molecule has 2 aromatic rings. The number of carbonyl (C=O) groups is 1. The molecule has 3 nitrogen and oxygen atoms in total. The molecule has 7 heteroatoms. The minimum atomic E-state index is -0.910. The molecule has 1 amide bonds. The Bertz CT molecular complexity index is 916. The van der Waals surface area contributed by atoms with Crippen LogP contribution in [0.2, 0.25) is 0 Å². The predicted molar refractivity (Wildman–Crippen MR) is 102 cm³/mol. The summed E-state index contributed by atoms with van der Waals surface area (Å²) >= 11 is 8.11. The fourth-order valence-corrected chi connectivity index (χ4v) is 7.17. The van der Waals surface area contributed by atoms with E-state index in [2.05, 4.69) is 10.3 Å². The Labute approximate surface area is 165 Å². The van der Waals surface area contributed by atoms with Crippen molar-refractivity contribution >= 4 is 34.0 Å². The zero-order valence-electron chi connectivity index (χ0n) is 14.6. The Morgan fingerprint density at radius 3 is 2.59 bits per heavy atom. The van der Waals surface area contributed by atoms with Gasteiger partial charge in [-0.05, 0) is 68.6 Å². The molecule has 6 rings (SSSR count). The number of nitrogens with one attached hydrogen (secondary N) is 1. The van der Waals surface area contributed by atoms with Crippen molar-refractivity contribution in [3.63, 3.8) is 0 Å². The van der Waals surface area contributed by atoms with Crippen LogP contribution in [0.1, 0.15) is 38.5 Å². The minimum Gasteiger partial charge on any atom is -0.301 e. The van der Waals surface area contributed by atoms with Gasteiger partial charge in [-0.1, -0.05) is 0 Å². The van der Waals surface area contributed by atoms with E-state index in [9.17, 15) is 13.6 Å². The van der Waals surface area contributed by atoms with E-state index >= 15 is 0 Å². The van der Waals surface area contributed by atoms with Gasteiger partial charge in [0.15, 0.2) is 16.8 Å². The van der Waals surface area contributed by atoms with Crippen LogP contribution in [0.5, 0.6) is 0 Å². The Hall–Kier alpha value is -1.53. The van der Waals surface area contributed by atoms with Crippen LogP contribution < -0.4 is 5.32 Å². The van der Waals surface area contributed by atoms with Crippen LogP contribution in [0.3, 0.4) is 0 Å². The van der Waals surface area contributed by atoms with Gasteiger partial charge < -0.3 is 5.32 Å². The van der Waals surface area contributed by atoms with Gasteiger partial charge in [-0.25, -0.2) is 13.8 Å². The number of halogens is 3. The van der Waals surface area contributed by atoms with Crippen molar-refractivity contribution < 1.29 is 13.6 Å². The SMILES string of the molecule is O=C(Nc1nc(-c2ccc(F)c(F)c2)cs1)C12C[C@@H]3C[C@@H](CC(Cl)(C3)C1)C2. The molecule has 4 aliphatic rings. The predicted octanol–water partition coefficient (Wildman–Crippen LogP) is 5.60. The molecule has 4 fully saturated rings. The maximum Gasteiger partial charge on any atom is 0.232 e. The highest BCUT2D eigenvalue weighted by Gasteiger charge is 2.60. The monoisotopic (exact) mass is 408 g/mol. The van der Waals surface area contributed by atoms with Gasteiger partial charge in [-0.2, -0.15) is 0 Å². The number of aromatic nitrogens is 1. The lowest BCUT2D eigenvalue weighted by Crippen LogP contribution is -2.57. The maximum absolute atomic E-state index is 13.5. The third kappa shape index (κ3) is 2.97. The second-order valence-corrected chi connectivity index (χ2v) is 10.2. The third-order valence-electron chi connectivity index (χ3n) is 6.41. The van der Waals surface area contributed by atoms with Gasteiger partial charge in [0, 0.05) is 15.8 Å². The molecule has 1 N–H and O–H groups in total. The van der Waals surface area contributed by atoms with Gasteiger partial charge in [0.1, 0.15) is 0 Å². The molecule has 27 heavy (non-hydrogen) atoms. The number of thiazole rings is 1. The molecule has 1 heterocycles. The van der Waals surface area contributed by atoms with Gasteiger partial charge >= 0.3 is 0 Å². The molecule has 0 radical (unpaired) electrons. The summed E-state index contributed by atoms with van der Waals surface area (Å²) in [6, 6.07) is 3.68. The van der Waals surface area contributed by atoms with Gasteiger partial charge in [0.2, 0.25) is 5.91 Å². The second kappa shape index (κ2) is 5.98. The Balaban J connectivity index is 1.36. The molecular formula is C20H19ClF2N2OS. The van der Waals surface area contributed by atoms with Crippen molar-refractivity contribution in [2.45, 2.75) is 43.4 Å². The minimum absolute atomic E-state index is 0.00723. The van der Waals surface area contributed by atoms with Crippen molar-refractivity contribution in [3.05, 3.63) is 35.2 Å². The van der Waals surface area contributed by atoms with Crippen LogP contribution in [0, 0.1) is 28.9 Å². The first-order valence-corrected chi connectivity index (χ1v) is 10.5. The van der Waals surface area contributed by atoms with Gasteiger partial charge in [-0.15, -0.1) is 22.9 Å². The fraction of sp³-hybridized carbons (Fsp3) is 0.500. The zero-order valence-corrected chi connectivity index (χ0v) is 16.2. The van der Waals surface area contributed by atoms with E-state index in [1.54, 1.807) is 5.38 Å². The van der Waals surface area contributed by atoms with E-state index < -0.39 is 11.6 Å². The molecule has 2 unspecified atom stereocenters. The largest absolute Gasteiger partial charge is 0.301 e. The number of hydrogen-bond donors (Lipinski definition) is 1. The van der Waals surface area contributed by atoms with Gasteiger partial charge in [0.25, 0.3) is 0 Å². The van der Waals surface area contributed by atoms with Gasteiger partial charge in [-0.3, -0.25) is 4.79 Å². The number of benzene rings is 1. The number of hydrogen-bond acceptors (Lipinski definition) is 3. The zero-order chi connectivity index (χ0) is 18.8. The number of rotatable bonds is 3. The lowest BCUT2D eigenvalue weighted by molar-refractivity contribution is -0.138. The van der Waals surface area contributed by atoms with Crippen molar-refractivity contribution in [2.24, 2.45) is 17.3 Å². The first kappa shape index (κ1) is 17.6. The van der Waals surface area contributed by atoms with Crippen molar-refractivity contribution in [2.75, 3.05) is 5.32 Å². The third-order valence-corrected chi connectivity index (χ3v) is 7.61. The first-order chi connectivity index (χ1) is 12.8. The van der Waals surface area contributed by atoms with Crippen LogP contribution in [0.15, 0.2) is 23.6 Å². The van der Waals surface area contributed by atoms with Crippen LogP contribution in [-0.2, 0) is 4.79 Å². The molecule has 142 valence electrons. The van der Waals surface area contributed by atoms with Crippen molar-refractivity contribution in [3.8, 4) is 11.3 Å². The molecule has 4 saturated carbocycles. The molecular weight excluding hydrogens is 390 g/mol. The summed E-state index contributed by atoms with van der Waals surface area (Å²) in [5, 5.41) is 5.20. The number of nitrogens with zero attached hydrogens (tertiary/aromatic N) is 1. The number of amides is 1. The van der Waals surface area contributed by atoms with E-state index in [-0.39, 0.29) is 16.2 Å². The number of anilines is 1. The highest BCUT2D eigenvalue weighted by atomic mass is 35.5. The van der Waals surface area contributed by atoms with E-state index in [1.165, 1.54) is 23.8 Å². The first-order valence-electron chi connectivity index (χ1n) is 9.26. The summed E-state index contributed by atoms with van der Waals surface area (Å²) in [6.45, 7) is 0. The lowest BCUT2D eigenvalue weighted by atomic mass is 9.49. The lowest BCUT2D eigenvalue weighted by Gasteiger charge is -2.59. The molecule has 4 aliphatic carbocycles. The van der Waals surface area contributed by atoms with Crippen LogP contribution >= 0.6 is 22.9 Å². The summed E-state index contributed by atoms with van der Waals surface area (Å²) in [7, 11) is 0. The average Bonchev–Trinajstić information content (AvgIpc) is 3.03. The molecule has 0 aliphatic heterocycles. The fourth-order valence-electron chi connectivity index (χ4n) is 5.77. The number of alkyl halides is 1.